The van der Waals surface area contributed by atoms with Crippen LogP contribution in [0.5, 0.6) is 0 Å². The highest BCUT2D eigenvalue weighted by atomic mass is 16.3. The van der Waals surface area contributed by atoms with Crippen LogP contribution < -0.4 is 9.80 Å². The molecular formula is C40H62N2O2. The molecular weight excluding hydrogens is 540 g/mol. The molecule has 0 spiro atoms. The van der Waals surface area contributed by atoms with Gasteiger partial charge in [-0.3, -0.25) is 4.79 Å². The molecule has 44 heavy (non-hydrogen) atoms. The van der Waals surface area contributed by atoms with Gasteiger partial charge in [0.1, 0.15) is 0 Å². The highest BCUT2D eigenvalue weighted by Crippen LogP contribution is 2.41. The van der Waals surface area contributed by atoms with Gasteiger partial charge in [-0.2, -0.15) is 0 Å². The molecule has 3 rings (SSSR count). The van der Waals surface area contributed by atoms with E-state index < -0.39 is 6.10 Å². The van der Waals surface area contributed by atoms with Crippen molar-refractivity contribution >= 4 is 17.2 Å². The van der Waals surface area contributed by atoms with Crippen LogP contribution in [0.3, 0.4) is 0 Å². The van der Waals surface area contributed by atoms with Crippen molar-refractivity contribution in [2.75, 3.05) is 22.9 Å². The fraction of sp³-hybridized carbons (Fsp3) is 0.625. The maximum Gasteiger partial charge on any atom is 0.161 e. The van der Waals surface area contributed by atoms with Crippen LogP contribution in [0.15, 0.2) is 71.1 Å². The molecule has 2 heterocycles. The third-order valence-electron chi connectivity index (χ3n) is 9.80. The lowest BCUT2D eigenvalue weighted by molar-refractivity contribution is -0.117. The summed E-state index contributed by atoms with van der Waals surface area (Å²) in [6.07, 6.45) is 16.1. The van der Waals surface area contributed by atoms with Gasteiger partial charge < -0.3 is 14.9 Å². The minimum atomic E-state index is -0.429. The van der Waals surface area contributed by atoms with Gasteiger partial charge in [0.15, 0.2) is 5.78 Å². The summed E-state index contributed by atoms with van der Waals surface area (Å²) in [6.45, 7) is 23.8. The molecule has 244 valence electrons. The van der Waals surface area contributed by atoms with Crippen molar-refractivity contribution in [1.29, 1.82) is 0 Å². The van der Waals surface area contributed by atoms with Crippen LogP contribution in [0.2, 0.25) is 0 Å². The third kappa shape index (κ3) is 10.2. The van der Waals surface area contributed by atoms with Crippen LogP contribution in [-0.2, 0) is 4.79 Å². The molecule has 1 N–H and O–H groups in total. The normalized spacial score (nSPS) is 19.8. The fourth-order valence-corrected chi connectivity index (χ4v) is 6.58. The van der Waals surface area contributed by atoms with Gasteiger partial charge in [0.2, 0.25) is 0 Å². The molecule has 1 aromatic rings. The van der Waals surface area contributed by atoms with Gasteiger partial charge in [-0.15, -0.1) is 0 Å². The van der Waals surface area contributed by atoms with Crippen LogP contribution in [0.1, 0.15) is 121 Å². The smallest absolute Gasteiger partial charge is 0.161 e. The Labute approximate surface area is 270 Å². The molecule has 0 aromatic heterocycles. The minimum Gasteiger partial charge on any atom is -0.389 e. The fourth-order valence-electron chi connectivity index (χ4n) is 6.58. The Bertz CT molecular complexity index is 1220. The van der Waals surface area contributed by atoms with Gasteiger partial charge in [0.05, 0.1) is 6.10 Å². The predicted molar refractivity (Wildman–Crippen MR) is 190 cm³/mol. The number of ketones is 1. The second kappa shape index (κ2) is 15.6. The maximum atomic E-state index is 13.5. The van der Waals surface area contributed by atoms with Gasteiger partial charge >= 0.3 is 0 Å². The number of nitrogens with zero attached hydrogens (tertiary/aromatic N) is 2. The Kier molecular flexibility index (Phi) is 12.7. The van der Waals surface area contributed by atoms with E-state index >= 15 is 0 Å². The summed E-state index contributed by atoms with van der Waals surface area (Å²) in [5.41, 5.74) is 6.94. The molecule has 3 atom stereocenters. The molecule has 0 bridgehead atoms. The summed E-state index contributed by atoms with van der Waals surface area (Å²) in [7, 11) is 0. The quantitative estimate of drug-likeness (QED) is 0.215. The highest BCUT2D eigenvalue weighted by Gasteiger charge is 2.35. The lowest BCUT2D eigenvalue weighted by Crippen LogP contribution is -2.37. The number of benzene rings is 1. The summed E-state index contributed by atoms with van der Waals surface area (Å²) >= 11 is 0. The number of carbonyl (C=O) groups is 1. The van der Waals surface area contributed by atoms with E-state index in [4.69, 9.17) is 0 Å². The summed E-state index contributed by atoms with van der Waals surface area (Å²) in [5.74, 6) is 1.14. The standard InChI is InChI=1S/C40H62N2O2/c1-29(2)13-11-15-31(5)25-37(43)35-27-41(23-21-39(35,7)8)33-17-19-34(20-18-33)42-24-22-40(9,10)36(28-42)38(44)26-32(6)16-12-14-30(3)4/h13-14,17-20,27-28,31-32,37,43H,11-12,15-16,21-26H2,1-10H3. The van der Waals surface area contributed by atoms with E-state index in [9.17, 15) is 9.90 Å². The monoisotopic (exact) mass is 602 g/mol. The predicted octanol–water partition coefficient (Wildman–Crippen LogP) is 10.4. The van der Waals surface area contributed by atoms with Gasteiger partial charge in [0, 0.05) is 48.9 Å². The molecule has 0 amide bonds. The van der Waals surface area contributed by atoms with Crippen molar-refractivity contribution in [1.82, 2.24) is 0 Å². The van der Waals surface area contributed by atoms with Crippen molar-refractivity contribution in [3.63, 3.8) is 0 Å². The second-order valence-corrected chi connectivity index (χ2v) is 15.6. The summed E-state index contributed by atoms with van der Waals surface area (Å²) in [6, 6.07) is 8.75. The average molecular weight is 603 g/mol. The van der Waals surface area contributed by atoms with E-state index in [-0.39, 0.29) is 10.8 Å². The van der Waals surface area contributed by atoms with Crippen molar-refractivity contribution < 1.29 is 9.90 Å². The van der Waals surface area contributed by atoms with Crippen LogP contribution >= 0.6 is 0 Å². The lowest BCUT2D eigenvalue weighted by atomic mass is 9.75. The van der Waals surface area contributed by atoms with E-state index in [1.54, 1.807) is 0 Å². The largest absolute Gasteiger partial charge is 0.389 e. The number of hydrogen-bond acceptors (Lipinski definition) is 4. The zero-order chi connectivity index (χ0) is 32.7. The topological polar surface area (TPSA) is 43.8 Å². The van der Waals surface area contributed by atoms with E-state index in [0.717, 1.165) is 80.6 Å². The molecule has 0 saturated carbocycles. The van der Waals surface area contributed by atoms with Gasteiger partial charge in [0.25, 0.3) is 0 Å². The van der Waals surface area contributed by atoms with Crippen LogP contribution in [0.4, 0.5) is 11.4 Å². The summed E-state index contributed by atoms with van der Waals surface area (Å²) < 4.78 is 0. The van der Waals surface area contributed by atoms with Gasteiger partial charge in [-0.05, 0) is 125 Å². The molecule has 1 aromatic carbocycles. The van der Waals surface area contributed by atoms with E-state index in [0.29, 0.717) is 24.0 Å². The molecule has 4 heteroatoms. The summed E-state index contributed by atoms with van der Waals surface area (Å²) in [5, 5.41) is 11.3. The van der Waals surface area contributed by atoms with E-state index in [1.165, 1.54) is 11.1 Å². The number of aliphatic hydroxyl groups is 1. The van der Waals surface area contributed by atoms with Crippen molar-refractivity contribution in [3.8, 4) is 0 Å². The van der Waals surface area contributed by atoms with Crippen molar-refractivity contribution in [2.24, 2.45) is 22.7 Å². The van der Waals surface area contributed by atoms with E-state index in [2.05, 4.69) is 128 Å². The van der Waals surface area contributed by atoms with Crippen LogP contribution in [0.25, 0.3) is 0 Å². The SMILES string of the molecule is CC(C)=CCCC(C)CC(=O)C1=CN(c2ccc(N3C=C(C(O)CC(C)CCC=C(C)C)C(C)(C)CC3)cc2)CCC1(C)C. The number of Topliss-reactive ketones (excluding diaryl/α,β-unsaturated/α-hetero) is 1. The molecule has 2 aliphatic heterocycles. The number of allylic oxidation sites excluding steroid dienone is 5. The first-order valence-corrected chi connectivity index (χ1v) is 17.1. The van der Waals surface area contributed by atoms with Gasteiger partial charge in [-0.1, -0.05) is 64.8 Å². The number of aliphatic hydroxyl groups excluding tert-OH is 1. The first-order chi connectivity index (χ1) is 20.6. The Balaban J connectivity index is 1.72. The molecule has 0 saturated heterocycles. The first-order valence-electron chi connectivity index (χ1n) is 17.1. The number of carbonyl (C=O) groups excluding carboxylic acids is 1. The zero-order valence-corrected chi connectivity index (χ0v) is 29.7. The van der Waals surface area contributed by atoms with Gasteiger partial charge in [-0.25, -0.2) is 0 Å². The Hall–Kier alpha value is -2.59. The van der Waals surface area contributed by atoms with E-state index in [1.807, 2.05) is 0 Å². The lowest BCUT2D eigenvalue weighted by Gasteiger charge is -2.40. The summed E-state index contributed by atoms with van der Waals surface area (Å²) in [4.78, 5) is 18.1. The molecule has 0 fully saturated rings. The molecule has 0 aliphatic carbocycles. The Morgan fingerprint density at radius 3 is 1.80 bits per heavy atom. The molecule has 0 radical (unpaired) electrons. The average Bonchev–Trinajstić information content (AvgIpc) is 2.92. The maximum absolute atomic E-state index is 13.5. The Morgan fingerprint density at radius 1 is 0.795 bits per heavy atom. The first kappa shape index (κ1) is 35.9. The van der Waals surface area contributed by atoms with Crippen molar-refractivity contribution in [2.45, 2.75) is 127 Å². The highest BCUT2D eigenvalue weighted by molar-refractivity contribution is 5.97. The molecule has 3 unspecified atom stereocenters. The molecule has 2 aliphatic rings. The van der Waals surface area contributed by atoms with Crippen molar-refractivity contribution in [3.05, 3.63) is 71.1 Å². The Morgan fingerprint density at radius 2 is 1.27 bits per heavy atom. The second-order valence-electron chi connectivity index (χ2n) is 15.6. The molecule has 4 nitrogen and oxygen atoms in total. The van der Waals surface area contributed by atoms with Crippen LogP contribution in [0, 0.1) is 22.7 Å². The number of rotatable bonds is 14. The third-order valence-corrected chi connectivity index (χ3v) is 9.80. The van der Waals surface area contributed by atoms with Crippen LogP contribution in [-0.4, -0.2) is 30.1 Å². The number of hydrogen-bond donors (Lipinski definition) is 1. The zero-order valence-electron chi connectivity index (χ0n) is 29.7. The number of anilines is 2. The minimum absolute atomic E-state index is 0.0209.